The van der Waals surface area contributed by atoms with Crippen LogP contribution in [0.1, 0.15) is 335 Å². The second-order valence-electron chi connectivity index (χ2n) is 20.8. The molecule has 0 saturated carbocycles. The Morgan fingerprint density at radius 3 is 1.08 bits per heavy atom. The van der Waals surface area contributed by atoms with E-state index >= 15 is 0 Å². The smallest absolute Gasteiger partial charge is 0.306 e. The van der Waals surface area contributed by atoms with Gasteiger partial charge in [0, 0.05) is 6.42 Å². The van der Waals surface area contributed by atoms with Gasteiger partial charge in [0.1, 0.15) is 6.10 Å². The van der Waals surface area contributed by atoms with Crippen molar-refractivity contribution in [3.8, 4) is 0 Å². The van der Waals surface area contributed by atoms with Gasteiger partial charge in [0.15, 0.2) is 0 Å². The molecular weight excluding hydrogens is 815 g/mol. The summed E-state index contributed by atoms with van der Waals surface area (Å²) in [6.45, 7) is 6.53. The van der Waals surface area contributed by atoms with E-state index in [2.05, 4.69) is 38.2 Å². The summed E-state index contributed by atoms with van der Waals surface area (Å²) in [5.74, 6) is -0.469. The molecule has 0 heterocycles. The molecule has 0 aromatic carbocycles. The molecule has 0 aromatic rings. The number of esters is 1. The molecule has 0 aliphatic carbocycles. The van der Waals surface area contributed by atoms with E-state index in [1.807, 2.05) is 0 Å². The third-order valence-electron chi connectivity index (χ3n) is 14.1. The number of allylic oxidation sites excluding steroid dienone is 2. The Labute approximate surface area is 412 Å². The van der Waals surface area contributed by atoms with E-state index in [1.54, 1.807) is 0 Å². The lowest BCUT2D eigenvalue weighted by molar-refractivity contribution is -0.151. The molecule has 0 aliphatic rings. The van der Waals surface area contributed by atoms with E-state index < -0.39 is 18.2 Å². The van der Waals surface area contributed by atoms with Crippen molar-refractivity contribution >= 4 is 11.9 Å². The fraction of sp³-hybridized carbons (Fsp3) is 0.933. The van der Waals surface area contributed by atoms with Gasteiger partial charge in [-0.25, -0.2) is 0 Å². The minimum atomic E-state index is -0.785. The normalized spacial score (nSPS) is 13.1. The third kappa shape index (κ3) is 49.0. The van der Waals surface area contributed by atoms with Crippen molar-refractivity contribution in [3.05, 3.63) is 12.2 Å². The van der Waals surface area contributed by atoms with Crippen molar-refractivity contribution in [2.75, 3.05) is 6.61 Å². The molecule has 3 atom stereocenters. The molecule has 0 bridgehead atoms. The fourth-order valence-electron chi connectivity index (χ4n) is 9.55. The lowest BCUT2D eigenvalue weighted by Crippen LogP contribution is -2.46. The highest BCUT2D eigenvalue weighted by atomic mass is 16.5. The maximum Gasteiger partial charge on any atom is 0.306 e. The van der Waals surface area contributed by atoms with Crippen molar-refractivity contribution in [1.82, 2.24) is 5.32 Å². The van der Waals surface area contributed by atoms with Gasteiger partial charge in [0.25, 0.3) is 0 Å². The fourth-order valence-corrected chi connectivity index (χ4v) is 9.55. The number of hydrogen-bond acceptors (Lipinski definition) is 5. The van der Waals surface area contributed by atoms with Gasteiger partial charge >= 0.3 is 5.97 Å². The summed E-state index contributed by atoms with van der Waals surface area (Å²) in [5, 5.41) is 23.9. The number of ether oxygens (including phenoxy) is 1. The summed E-state index contributed by atoms with van der Waals surface area (Å²) < 4.78 is 5.96. The van der Waals surface area contributed by atoms with Crippen LogP contribution in [0.15, 0.2) is 12.2 Å². The van der Waals surface area contributed by atoms with E-state index in [0.717, 1.165) is 51.4 Å². The van der Waals surface area contributed by atoms with Gasteiger partial charge in [-0.2, -0.15) is 0 Å². The standard InChI is InChI=1S/C60H117NO5/c1-4-7-10-13-16-19-22-25-27-29-31-34-36-39-42-45-48-51-56(66-60(65)53-50-47-44-41-38-33-24-21-18-15-12-9-6-3)54-59(64)61-57(55-62)58(63)52-49-46-43-40-37-35-32-30-28-26-23-20-17-14-11-8-5-2/h33,38,56-58,62-63H,4-32,34-37,39-55H2,1-3H3,(H,61,64)/b38-33-. The van der Waals surface area contributed by atoms with Crippen molar-refractivity contribution < 1.29 is 24.5 Å². The Morgan fingerprint density at radius 2 is 0.727 bits per heavy atom. The van der Waals surface area contributed by atoms with Crippen molar-refractivity contribution in [1.29, 1.82) is 0 Å². The molecule has 0 radical (unpaired) electrons. The molecule has 66 heavy (non-hydrogen) atoms. The molecule has 6 heteroatoms. The predicted octanol–water partition coefficient (Wildman–Crippen LogP) is 18.5. The van der Waals surface area contributed by atoms with Gasteiger partial charge < -0.3 is 20.3 Å². The van der Waals surface area contributed by atoms with E-state index in [9.17, 15) is 19.8 Å². The van der Waals surface area contributed by atoms with Crippen LogP contribution in [0.5, 0.6) is 0 Å². The van der Waals surface area contributed by atoms with E-state index in [1.165, 1.54) is 238 Å². The number of hydrogen-bond donors (Lipinski definition) is 3. The number of rotatable bonds is 55. The average molecular weight is 933 g/mol. The molecule has 0 aromatic heterocycles. The molecule has 0 saturated heterocycles. The highest BCUT2D eigenvalue weighted by molar-refractivity contribution is 5.77. The van der Waals surface area contributed by atoms with Gasteiger partial charge in [0.2, 0.25) is 5.91 Å². The summed E-state index contributed by atoms with van der Waals surface area (Å²) in [6, 6.07) is -0.699. The van der Waals surface area contributed by atoms with Crippen molar-refractivity contribution in [3.63, 3.8) is 0 Å². The minimum Gasteiger partial charge on any atom is -0.462 e. The molecule has 0 spiro atoms. The zero-order chi connectivity index (χ0) is 48.1. The third-order valence-corrected chi connectivity index (χ3v) is 14.1. The Balaban J connectivity index is 4.49. The van der Waals surface area contributed by atoms with Crippen LogP contribution in [0.25, 0.3) is 0 Å². The molecule has 1 amide bonds. The van der Waals surface area contributed by atoms with Gasteiger partial charge in [-0.15, -0.1) is 0 Å². The van der Waals surface area contributed by atoms with E-state index in [4.69, 9.17) is 4.74 Å². The number of carbonyl (C=O) groups excluding carboxylic acids is 2. The molecule has 0 rings (SSSR count). The van der Waals surface area contributed by atoms with Crippen LogP contribution in [0.4, 0.5) is 0 Å². The topological polar surface area (TPSA) is 95.9 Å². The number of carbonyl (C=O) groups is 2. The monoisotopic (exact) mass is 932 g/mol. The molecule has 0 aliphatic heterocycles. The van der Waals surface area contributed by atoms with Crippen LogP contribution in [-0.2, 0) is 14.3 Å². The molecule has 392 valence electrons. The van der Waals surface area contributed by atoms with Crippen molar-refractivity contribution in [2.45, 2.75) is 354 Å². The first kappa shape index (κ1) is 64.6. The van der Waals surface area contributed by atoms with Crippen LogP contribution in [0.2, 0.25) is 0 Å². The number of unbranched alkanes of at least 4 members (excludes halogenated alkanes) is 41. The van der Waals surface area contributed by atoms with Gasteiger partial charge in [-0.05, 0) is 51.4 Å². The minimum absolute atomic E-state index is 0.0797. The Hall–Kier alpha value is -1.40. The molecule has 6 nitrogen and oxygen atoms in total. The maximum atomic E-state index is 13.3. The Morgan fingerprint density at radius 1 is 0.424 bits per heavy atom. The SMILES string of the molecule is CCCCCCCC/C=C\CCCCCC(=O)OC(CCCCCCCCCCCCCCCCCCC)CC(=O)NC(CO)C(O)CCCCCCCCCCCCCCCCCCC. The van der Waals surface area contributed by atoms with Crippen molar-refractivity contribution in [2.24, 2.45) is 0 Å². The molecule has 3 N–H and O–H groups in total. The second-order valence-corrected chi connectivity index (χ2v) is 20.8. The lowest BCUT2D eigenvalue weighted by Gasteiger charge is -2.24. The van der Waals surface area contributed by atoms with E-state index in [-0.39, 0.29) is 24.9 Å². The zero-order valence-electron chi connectivity index (χ0n) is 44.9. The van der Waals surface area contributed by atoms with Crippen LogP contribution in [-0.4, -0.2) is 46.9 Å². The lowest BCUT2D eigenvalue weighted by atomic mass is 10.0. The highest BCUT2D eigenvalue weighted by Crippen LogP contribution is 2.19. The molecular formula is C60H117NO5. The highest BCUT2D eigenvalue weighted by Gasteiger charge is 2.24. The average Bonchev–Trinajstić information content (AvgIpc) is 3.31. The zero-order valence-corrected chi connectivity index (χ0v) is 44.9. The first-order valence-corrected chi connectivity index (χ1v) is 29.9. The quantitative estimate of drug-likeness (QED) is 0.0321. The summed E-state index contributed by atoms with van der Waals surface area (Å²) in [6.07, 6.45) is 62.8. The number of aliphatic hydroxyl groups excluding tert-OH is 2. The summed E-state index contributed by atoms with van der Waals surface area (Å²) in [7, 11) is 0. The van der Waals surface area contributed by atoms with E-state index in [0.29, 0.717) is 19.3 Å². The first-order valence-electron chi connectivity index (χ1n) is 29.9. The molecule has 3 unspecified atom stereocenters. The Kier molecular flexibility index (Phi) is 53.4. The second kappa shape index (κ2) is 54.5. The van der Waals surface area contributed by atoms with Gasteiger partial charge in [-0.3, -0.25) is 9.59 Å². The van der Waals surface area contributed by atoms with Crippen LogP contribution >= 0.6 is 0 Å². The summed E-state index contributed by atoms with van der Waals surface area (Å²) >= 11 is 0. The number of aliphatic hydroxyl groups is 2. The summed E-state index contributed by atoms with van der Waals surface area (Å²) in [4.78, 5) is 26.3. The first-order chi connectivity index (χ1) is 32.5. The van der Waals surface area contributed by atoms with Crippen LogP contribution < -0.4 is 5.32 Å². The predicted molar refractivity (Wildman–Crippen MR) is 287 cm³/mol. The van der Waals surface area contributed by atoms with Crippen LogP contribution in [0, 0.1) is 0 Å². The summed E-state index contributed by atoms with van der Waals surface area (Å²) in [5.41, 5.74) is 0. The Bertz CT molecular complexity index is 1000. The van der Waals surface area contributed by atoms with Gasteiger partial charge in [-0.1, -0.05) is 283 Å². The largest absolute Gasteiger partial charge is 0.462 e. The number of amides is 1. The number of nitrogens with one attached hydrogen (secondary N) is 1. The maximum absolute atomic E-state index is 13.3. The van der Waals surface area contributed by atoms with Gasteiger partial charge in [0.05, 0.1) is 25.2 Å². The van der Waals surface area contributed by atoms with Crippen LogP contribution in [0.3, 0.4) is 0 Å². The molecule has 0 fully saturated rings.